The predicted molar refractivity (Wildman–Crippen MR) is 99.6 cm³/mol. The van der Waals surface area contributed by atoms with Crippen LogP contribution >= 0.6 is 0 Å². The van der Waals surface area contributed by atoms with Crippen molar-refractivity contribution in [2.45, 2.75) is 57.4 Å². The quantitative estimate of drug-likeness (QED) is 0.795. The molecule has 8 heteroatoms. The van der Waals surface area contributed by atoms with Gasteiger partial charge in [0, 0.05) is 26.2 Å². The predicted octanol–water partition coefficient (Wildman–Crippen LogP) is 1.39. The summed E-state index contributed by atoms with van der Waals surface area (Å²) < 4.78 is 23.2. The molecule has 1 N–H and O–H groups in total. The molecular weight excluding hydrogens is 354 g/mol. The van der Waals surface area contributed by atoms with Gasteiger partial charge in [0.25, 0.3) is 0 Å². The molecule has 1 atom stereocenters. The maximum Gasteiger partial charge on any atom is 0.320 e. The minimum absolute atomic E-state index is 0.0190. The second-order valence-corrected chi connectivity index (χ2v) is 10.2. The number of sulfone groups is 1. The molecule has 0 radical (unpaired) electrons. The van der Waals surface area contributed by atoms with Gasteiger partial charge in [0.1, 0.15) is 6.04 Å². The van der Waals surface area contributed by atoms with Gasteiger partial charge < -0.3 is 15.1 Å². The lowest BCUT2D eigenvalue weighted by Gasteiger charge is -2.39. The van der Waals surface area contributed by atoms with Gasteiger partial charge in [-0.15, -0.1) is 0 Å². The van der Waals surface area contributed by atoms with Crippen LogP contribution in [0.4, 0.5) is 4.79 Å². The summed E-state index contributed by atoms with van der Waals surface area (Å²) in [6, 6.07) is -0.601. The van der Waals surface area contributed by atoms with E-state index in [0.29, 0.717) is 25.4 Å². The van der Waals surface area contributed by atoms with Crippen molar-refractivity contribution in [3.05, 3.63) is 0 Å². The number of rotatable bonds is 3. The first-order valence-corrected chi connectivity index (χ1v) is 11.8. The third-order valence-corrected chi connectivity index (χ3v) is 7.56. The van der Waals surface area contributed by atoms with Crippen LogP contribution in [-0.4, -0.2) is 73.9 Å². The zero-order valence-corrected chi connectivity index (χ0v) is 16.3. The highest BCUT2D eigenvalue weighted by molar-refractivity contribution is 7.91. The number of carbonyl (C=O) groups excluding carboxylic acids is 2. The van der Waals surface area contributed by atoms with E-state index in [4.69, 9.17) is 0 Å². The minimum Gasteiger partial charge on any atom is -0.354 e. The van der Waals surface area contributed by atoms with E-state index >= 15 is 0 Å². The number of hydrogen-bond acceptors (Lipinski definition) is 4. The Labute approximate surface area is 156 Å². The Morgan fingerprint density at radius 2 is 1.54 bits per heavy atom. The number of hydrogen-bond donors (Lipinski definition) is 1. The SMILES string of the molecule is O=C(NCC1CCCCC1)C1CCCCN1C(=O)N1CCS(=O)(=O)CC1. The van der Waals surface area contributed by atoms with Crippen LogP contribution in [0.2, 0.25) is 0 Å². The molecule has 3 rings (SSSR count). The first kappa shape index (κ1) is 19.5. The van der Waals surface area contributed by atoms with Gasteiger partial charge in [-0.3, -0.25) is 4.79 Å². The molecule has 0 bridgehead atoms. The Morgan fingerprint density at radius 3 is 2.23 bits per heavy atom. The number of carbonyl (C=O) groups is 2. The Balaban J connectivity index is 1.56. The number of urea groups is 1. The summed E-state index contributed by atoms with van der Waals surface area (Å²) in [7, 11) is -3.02. The maximum atomic E-state index is 12.9. The van der Waals surface area contributed by atoms with Crippen LogP contribution in [0, 0.1) is 5.92 Å². The molecule has 2 saturated heterocycles. The Morgan fingerprint density at radius 1 is 0.885 bits per heavy atom. The highest BCUT2D eigenvalue weighted by Crippen LogP contribution is 2.24. The van der Waals surface area contributed by atoms with Crippen LogP contribution < -0.4 is 5.32 Å². The van der Waals surface area contributed by atoms with Gasteiger partial charge >= 0.3 is 6.03 Å². The van der Waals surface area contributed by atoms with Gasteiger partial charge in [0.2, 0.25) is 5.91 Å². The molecular formula is C18H31N3O4S. The fourth-order valence-electron chi connectivity index (χ4n) is 4.27. The fraction of sp³-hybridized carbons (Fsp3) is 0.889. The van der Waals surface area contributed by atoms with Crippen LogP contribution in [-0.2, 0) is 14.6 Å². The third kappa shape index (κ3) is 4.90. The lowest BCUT2D eigenvalue weighted by Crippen LogP contribution is -2.58. The van der Waals surface area contributed by atoms with E-state index in [1.54, 1.807) is 9.80 Å². The molecule has 0 spiro atoms. The summed E-state index contributed by atoms with van der Waals surface area (Å²) in [5, 5.41) is 3.08. The summed E-state index contributed by atoms with van der Waals surface area (Å²) in [5.41, 5.74) is 0. The van der Waals surface area contributed by atoms with Crippen molar-refractivity contribution in [1.29, 1.82) is 0 Å². The lowest BCUT2D eigenvalue weighted by atomic mass is 9.89. The van der Waals surface area contributed by atoms with Crippen molar-refractivity contribution in [1.82, 2.24) is 15.1 Å². The smallest absolute Gasteiger partial charge is 0.320 e. The Hall–Kier alpha value is -1.31. The molecule has 2 aliphatic heterocycles. The van der Waals surface area contributed by atoms with E-state index in [1.165, 1.54) is 32.1 Å². The number of likely N-dealkylation sites (tertiary alicyclic amines) is 1. The number of nitrogens with zero attached hydrogens (tertiary/aromatic N) is 2. The van der Waals surface area contributed by atoms with E-state index in [1.807, 2.05) is 0 Å². The highest BCUT2D eigenvalue weighted by Gasteiger charge is 2.36. The molecule has 7 nitrogen and oxygen atoms in total. The molecule has 1 aliphatic carbocycles. The molecule has 1 unspecified atom stereocenters. The fourth-order valence-corrected chi connectivity index (χ4v) is 5.47. The van der Waals surface area contributed by atoms with Gasteiger partial charge in [-0.25, -0.2) is 13.2 Å². The Kier molecular flexibility index (Phi) is 6.42. The van der Waals surface area contributed by atoms with E-state index in [-0.39, 0.29) is 36.5 Å². The largest absolute Gasteiger partial charge is 0.354 e. The summed E-state index contributed by atoms with van der Waals surface area (Å²) in [6.45, 7) is 1.74. The van der Waals surface area contributed by atoms with Crippen molar-refractivity contribution in [2.24, 2.45) is 5.92 Å². The average Bonchev–Trinajstić information content (AvgIpc) is 2.66. The topological polar surface area (TPSA) is 86.8 Å². The molecule has 0 aromatic rings. The molecule has 148 valence electrons. The van der Waals surface area contributed by atoms with Gasteiger partial charge in [-0.05, 0) is 38.0 Å². The third-order valence-electron chi connectivity index (χ3n) is 5.96. The van der Waals surface area contributed by atoms with Gasteiger partial charge in [0.15, 0.2) is 9.84 Å². The van der Waals surface area contributed by atoms with E-state index in [9.17, 15) is 18.0 Å². The highest BCUT2D eigenvalue weighted by atomic mass is 32.2. The standard InChI is InChI=1S/C18H31N3O4S/c22-17(19-14-15-6-2-1-3-7-15)16-8-4-5-9-21(16)18(23)20-10-12-26(24,25)13-11-20/h15-16H,1-14H2,(H,19,22). The van der Waals surface area contributed by atoms with E-state index in [2.05, 4.69) is 5.32 Å². The maximum absolute atomic E-state index is 12.9. The molecule has 3 aliphatic rings. The van der Waals surface area contributed by atoms with Crippen molar-refractivity contribution in [3.63, 3.8) is 0 Å². The van der Waals surface area contributed by atoms with Crippen molar-refractivity contribution < 1.29 is 18.0 Å². The van der Waals surface area contributed by atoms with Crippen molar-refractivity contribution in [3.8, 4) is 0 Å². The zero-order chi connectivity index (χ0) is 18.6. The second kappa shape index (κ2) is 8.59. The van der Waals surface area contributed by atoms with Gasteiger partial charge in [0.05, 0.1) is 11.5 Å². The van der Waals surface area contributed by atoms with Crippen molar-refractivity contribution in [2.75, 3.05) is 37.7 Å². The average molecular weight is 386 g/mol. The Bertz CT molecular complexity index is 602. The number of amides is 3. The monoisotopic (exact) mass is 385 g/mol. The van der Waals surface area contributed by atoms with Gasteiger partial charge in [-0.2, -0.15) is 0 Å². The summed E-state index contributed by atoms with van der Waals surface area (Å²) >= 11 is 0. The van der Waals surface area contributed by atoms with Crippen LogP contribution in [0.15, 0.2) is 0 Å². The molecule has 3 fully saturated rings. The first-order valence-electron chi connectivity index (χ1n) is 10.00. The summed E-state index contributed by atoms with van der Waals surface area (Å²) in [6.07, 6.45) is 8.66. The second-order valence-electron chi connectivity index (χ2n) is 7.88. The first-order chi connectivity index (χ1) is 12.5. The molecule has 3 amide bonds. The summed E-state index contributed by atoms with van der Waals surface area (Å²) in [4.78, 5) is 28.8. The van der Waals surface area contributed by atoms with Crippen LogP contribution in [0.5, 0.6) is 0 Å². The molecule has 0 aromatic carbocycles. The molecule has 0 aromatic heterocycles. The van der Waals surface area contributed by atoms with E-state index < -0.39 is 15.9 Å². The zero-order valence-electron chi connectivity index (χ0n) is 15.5. The summed E-state index contributed by atoms with van der Waals surface area (Å²) in [5.74, 6) is 0.553. The van der Waals surface area contributed by atoms with Crippen LogP contribution in [0.3, 0.4) is 0 Å². The molecule has 26 heavy (non-hydrogen) atoms. The minimum atomic E-state index is -3.02. The number of piperidine rings is 1. The molecule has 1 saturated carbocycles. The molecule has 2 heterocycles. The van der Waals surface area contributed by atoms with Crippen LogP contribution in [0.25, 0.3) is 0 Å². The van der Waals surface area contributed by atoms with Crippen molar-refractivity contribution >= 4 is 21.8 Å². The normalized spacial score (nSPS) is 27.2. The van der Waals surface area contributed by atoms with Crippen LogP contribution in [0.1, 0.15) is 51.4 Å². The van der Waals surface area contributed by atoms with E-state index in [0.717, 1.165) is 12.8 Å². The van der Waals surface area contributed by atoms with Gasteiger partial charge in [-0.1, -0.05) is 19.3 Å². The lowest BCUT2D eigenvalue weighted by molar-refractivity contribution is -0.126. The number of nitrogens with one attached hydrogen (secondary N) is 1.